The number of benzene rings is 2. The van der Waals surface area contributed by atoms with Crippen molar-refractivity contribution < 1.29 is 33.8 Å². The Bertz CT molecular complexity index is 1350. The van der Waals surface area contributed by atoms with E-state index in [4.69, 9.17) is 9.47 Å². The average Bonchev–Trinajstić information content (AvgIpc) is 2.90. The van der Waals surface area contributed by atoms with Gasteiger partial charge in [-0.25, -0.2) is 4.79 Å². The molecule has 2 aromatic rings. The van der Waals surface area contributed by atoms with Crippen LogP contribution in [0.25, 0.3) is 0 Å². The molecule has 4 unspecified atom stereocenters. The number of fused-ring (bicyclic) bond motifs is 1. The number of carbonyl (C=O) groups excluding carboxylic acids is 4. The molecule has 9 nitrogen and oxygen atoms in total. The van der Waals surface area contributed by atoms with Gasteiger partial charge < -0.3 is 24.8 Å². The predicted molar refractivity (Wildman–Crippen MR) is 159 cm³/mol. The highest BCUT2D eigenvalue weighted by molar-refractivity contribution is 8.03. The molecule has 2 aliphatic rings. The number of hydrogen-bond acceptors (Lipinski definition) is 8. The van der Waals surface area contributed by atoms with Gasteiger partial charge >= 0.3 is 11.9 Å². The molecule has 10 heteroatoms. The topological polar surface area (TPSA) is 122 Å². The van der Waals surface area contributed by atoms with Gasteiger partial charge in [-0.3, -0.25) is 14.4 Å². The number of amides is 2. The molecule has 1 saturated heterocycles. The first-order valence-electron chi connectivity index (χ1n) is 13.9. The lowest BCUT2D eigenvalue weighted by atomic mass is 9.91. The first kappa shape index (κ1) is 31.3. The first-order valence-corrected chi connectivity index (χ1v) is 14.8. The second-order valence-corrected chi connectivity index (χ2v) is 13.4. The van der Waals surface area contributed by atoms with E-state index in [-0.39, 0.29) is 6.42 Å². The Morgan fingerprint density at radius 2 is 1.50 bits per heavy atom. The minimum Gasteiger partial charge on any atom is -0.459 e. The Hall–Kier alpha value is -3.63. The van der Waals surface area contributed by atoms with Crippen molar-refractivity contribution >= 4 is 35.5 Å². The second-order valence-electron chi connectivity index (χ2n) is 12.4. The zero-order valence-corrected chi connectivity index (χ0v) is 25.5. The fraction of sp³-hybridized carbons (Fsp3) is 0.438. The van der Waals surface area contributed by atoms with Crippen LogP contribution in [0, 0.1) is 0 Å². The molecule has 224 valence electrons. The van der Waals surface area contributed by atoms with Crippen molar-refractivity contribution in [3.8, 4) is 0 Å². The highest BCUT2D eigenvalue weighted by Gasteiger charge is 2.57. The summed E-state index contributed by atoms with van der Waals surface area (Å²) in [6, 6.07) is 15.7. The quantitative estimate of drug-likeness (QED) is 0.270. The first-order chi connectivity index (χ1) is 19.7. The van der Waals surface area contributed by atoms with Crippen molar-refractivity contribution in [2.24, 2.45) is 0 Å². The number of nitrogens with zero attached hydrogens (tertiary/aromatic N) is 1. The van der Waals surface area contributed by atoms with Crippen LogP contribution >= 0.6 is 11.8 Å². The Morgan fingerprint density at radius 3 is 2.07 bits per heavy atom. The molecule has 5 atom stereocenters. The number of rotatable bonds is 8. The summed E-state index contributed by atoms with van der Waals surface area (Å²) in [7, 11) is 0. The zero-order chi connectivity index (χ0) is 30.8. The molecule has 2 amide bonds. The van der Waals surface area contributed by atoms with Gasteiger partial charge in [0.1, 0.15) is 22.6 Å². The number of esters is 2. The maximum absolute atomic E-state index is 13.6. The van der Waals surface area contributed by atoms with Crippen molar-refractivity contribution in [2.75, 3.05) is 0 Å². The molecule has 0 bridgehead atoms. The number of aliphatic hydroxyl groups is 1. The standard InChI is InChI=1S/C32H38N2O7S/c1-31(2,3)40-29(38)23(20-15-11-8-12-16-20)26(36)33-24-27(37)34-25(30(39)41-32(4,5)6)21(18-42-28(24)34)22(35)17-19-13-9-7-10-14-19/h7-16,18,22-25,28,35H,17H2,1-6H3,(H,33,36)/t22?,23?,24?,25?,28-/m0/s1. The van der Waals surface area contributed by atoms with E-state index >= 15 is 0 Å². The van der Waals surface area contributed by atoms with E-state index in [1.54, 1.807) is 77.3 Å². The zero-order valence-electron chi connectivity index (χ0n) is 24.7. The lowest BCUT2D eigenvalue weighted by Gasteiger charge is -2.52. The molecular formula is C32H38N2O7S. The van der Waals surface area contributed by atoms with Crippen LogP contribution in [0.5, 0.6) is 0 Å². The number of β-lactam (4-membered cyclic amide) rings is 1. The summed E-state index contributed by atoms with van der Waals surface area (Å²) < 4.78 is 11.2. The summed E-state index contributed by atoms with van der Waals surface area (Å²) >= 11 is 1.22. The highest BCUT2D eigenvalue weighted by atomic mass is 32.2. The molecule has 2 heterocycles. The minimum absolute atomic E-state index is 0.244. The van der Waals surface area contributed by atoms with E-state index < -0.39 is 64.4 Å². The normalized spacial score (nSPS) is 21.7. The Kier molecular flexibility index (Phi) is 9.18. The molecule has 2 aromatic carbocycles. The SMILES string of the molecule is CC(C)(C)OC(=O)C(C(=O)NC1C(=O)N2C(C(=O)OC(C)(C)C)C(C(O)Cc3ccccc3)=CS[C@@H]12)c1ccccc1. The fourth-order valence-corrected chi connectivity index (χ4v) is 6.15. The van der Waals surface area contributed by atoms with Crippen LogP contribution in [0.3, 0.4) is 0 Å². The summed E-state index contributed by atoms with van der Waals surface area (Å²) in [6.07, 6.45) is -0.803. The number of ether oxygens (including phenoxy) is 2. The third-order valence-electron chi connectivity index (χ3n) is 6.64. The van der Waals surface area contributed by atoms with Gasteiger partial charge in [0.2, 0.25) is 11.8 Å². The summed E-state index contributed by atoms with van der Waals surface area (Å²) in [6.45, 7) is 10.3. The largest absolute Gasteiger partial charge is 0.459 e. The van der Waals surface area contributed by atoms with Gasteiger partial charge in [0.15, 0.2) is 12.0 Å². The maximum Gasteiger partial charge on any atom is 0.333 e. The number of hydrogen-bond donors (Lipinski definition) is 2. The number of aliphatic hydroxyl groups excluding tert-OH is 1. The van der Waals surface area contributed by atoms with Gasteiger partial charge in [-0.05, 0) is 63.7 Å². The van der Waals surface area contributed by atoms with E-state index in [0.29, 0.717) is 11.1 Å². The fourth-order valence-electron chi connectivity index (χ4n) is 4.87. The second kappa shape index (κ2) is 12.3. The average molecular weight is 595 g/mol. The summed E-state index contributed by atoms with van der Waals surface area (Å²) in [4.78, 5) is 55.0. The van der Waals surface area contributed by atoms with Gasteiger partial charge in [0, 0.05) is 6.42 Å². The molecule has 1 fully saturated rings. The van der Waals surface area contributed by atoms with E-state index in [1.807, 2.05) is 30.3 Å². The van der Waals surface area contributed by atoms with Gasteiger partial charge in [-0.2, -0.15) is 0 Å². The molecule has 0 spiro atoms. The smallest absolute Gasteiger partial charge is 0.333 e. The number of nitrogens with one attached hydrogen (secondary N) is 1. The molecule has 4 rings (SSSR count). The lowest BCUT2D eigenvalue weighted by Crippen LogP contribution is -2.74. The summed E-state index contributed by atoms with van der Waals surface area (Å²) in [5.41, 5.74) is 0.000154. The van der Waals surface area contributed by atoms with Crippen LogP contribution in [0.2, 0.25) is 0 Å². The van der Waals surface area contributed by atoms with Gasteiger partial charge in [0.25, 0.3) is 0 Å². The van der Waals surface area contributed by atoms with Gasteiger partial charge in [-0.1, -0.05) is 60.7 Å². The van der Waals surface area contributed by atoms with Crippen LogP contribution in [0.1, 0.15) is 58.6 Å². The van der Waals surface area contributed by atoms with Gasteiger partial charge in [0.05, 0.1) is 6.10 Å². The molecule has 2 N–H and O–H groups in total. The Balaban J connectivity index is 1.59. The highest BCUT2D eigenvalue weighted by Crippen LogP contribution is 2.42. The Morgan fingerprint density at radius 1 is 0.929 bits per heavy atom. The molecule has 0 aromatic heterocycles. The molecule has 42 heavy (non-hydrogen) atoms. The van der Waals surface area contributed by atoms with E-state index in [0.717, 1.165) is 5.56 Å². The molecule has 2 aliphatic heterocycles. The minimum atomic E-state index is -1.29. The molecule has 0 saturated carbocycles. The lowest BCUT2D eigenvalue weighted by molar-refractivity contribution is -0.171. The van der Waals surface area contributed by atoms with Crippen molar-refractivity contribution in [1.29, 1.82) is 0 Å². The van der Waals surface area contributed by atoms with E-state index in [9.17, 15) is 24.3 Å². The monoisotopic (exact) mass is 594 g/mol. The summed E-state index contributed by atoms with van der Waals surface area (Å²) in [5, 5.41) is 14.9. The number of carbonyl (C=O) groups is 4. The summed E-state index contributed by atoms with van der Waals surface area (Å²) in [5.74, 6) is -3.88. The van der Waals surface area contributed by atoms with Gasteiger partial charge in [-0.15, -0.1) is 11.8 Å². The molecular weight excluding hydrogens is 556 g/mol. The van der Waals surface area contributed by atoms with Crippen molar-refractivity contribution in [3.05, 3.63) is 82.8 Å². The van der Waals surface area contributed by atoms with Crippen LogP contribution in [0.4, 0.5) is 0 Å². The third kappa shape index (κ3) is 7.22. The van der Waals surface area contributed by atoms with E-state index in [1.165, 1.54) is 16.7 Å². The third-order valence-corrected chi connectivity index (χ3v) is 7.83. The van der Waals surface area contributed by atoms with Crippen LogP contribution in [-0.2, 0) is 35.1 Å². The van der Waals surface area contributed by atoms with Crippen molar-refractivity contribution in [3.63, 3.8) is 0 Å². The molecule has 0 aliphatic carbocycles. The van der Waals surface area contributed by atoms with Crippen LogP contribution < -0.4 is 5.32 Å². The number of thioether (sulfide) groups is 1. The molecule has 0 radical (unpaired) electrons. The maximum atomic E-state index is 13.6. The van der Waals surface area contributed by atoms with Crippen LogP contribution in [0.15, 0.2) is 71.6 Å². The Labute approximate surface area is 250 Å². The van der Waals surface area contributed by atoms with Crippen molar-refractivity contribution in [1.82, 2.24) is 10.2 Å². The van der Waals surface area contributed by atoms with Crippen molar-refractivity contribution in [2.45, 2.75) is 88.6 Å². The van der Waals surface area contributed by atoms with E-state index in [2.05, 4.69) is 5.32 Å². The predicted octanol–water partition coefficient (Wildman–Crippen LogP) is 3.71. The van der Waals surface area contributed by atoms with Crippen LogP contribution in [-0.4, -0.2) is 68.5 Å².